The number of carbonyl (C=O) groups is 1. The maximum absolute atomic E-state index is 12.8. The number of halogens is 1. The summed E-state index contributed by atoms with van der Waals surface area (Å²) in [6, 6.07) is 11.1. The summed E-state index contributed by atoms with van der Waals surface area (Å²) in [5.41, 5.74) is 0.0560. The Bertz CT molecular complexity index is 961. The minimum Gasteiger partial charge on any atom is -0.351 e. The van der Waals surface area contributed by atoms with Gasteiger partial charge in [-0.25, -0.2) is 18.1 Å². The molecule has 0 saturated carbocycles. The second-order valence-electron chi connectivity index (χ2n) is 7.49. The lowest BCUT2D eigenvalue weighted by atomic mass is 9.97. The largest absolute Gasteiger partial charge is 0.351 e. The summed E-state index contributed by atoms with van der Waals surface area (Å²) in [7, 11) is -3.96. The van der Waals surface area contributed by atoms with Crippen LogP contribution in [0, 0.1) is 5.92 Å². The Balaban J connectivity index is 1.97. The predicted molar refractivity (Wildman–Crippen MR) is 108 cm³/mol. The van der Waals surface area contributed by atoms with Crippen molar-refractivity contribution in [3.05, 3.63) is 52.6 Å². The quantitative estimate of drug-likeness (QED) is 0.718. The van der Waals surface area contributed by atoms with Crippen LogP contribution in [0.2, 0.25) is 0 Å². The zero-order chi connectivity index (χ0) is 19.8. The lowest BCUT2D eigenvalue weighted by molar-refractivity contribution is 0.0981. The van der Waals surface area contributed by atoms with Gasteiger partial charge in [-0.15, -0.1) is 0 Å². The van der Waals surface area contributed by atoms with Crippen LogP contribution in [0.3, 0.4) is 0 Å². The van der Waals surface area contributed by atoms with Crippen molar-refractivity contribution in [2.24, 2.45) is 5.92 Å². The number of hydrogen-bond donors (Lipinski definition) is 1. The van der Waals surface area contributed by atoms with Crippen molar-refractivity contribution in [3.63, 3.8) is 0 Å². The van der Waals surface area contributed by atoms with E-state index in [1.807, 2.05) is 0 Å². The van der Waals surface area contributed by atoms with Crippen molar-refractivity contribution in [2.45, 2.75) is 37.6 Å². The molecule has 1 saturated heterocycles. The summed E-state index contributed by atoms with van der Waals surface area (Å²) in [5, 5.41) is 0. The topological polar surface area (TPSA) is 79.4 Å². The Labute approximate surface area is 168 Å². The maximum atomic E-state index is 12.8. The third-order valence-corrected chi connectivity index (χ3v) is 6.48. The van der Waals surface area contributed by atoms with Crippen molar-refractivity contribution < 1.29 is 13.2 Å². The van der Waals surface area contributed by atoms with Crippen molar-refractivity contribution in [3.8, 4) is 0 Å². The highest BCUT2D eigenvalue weighted by molar-refractivity contribution is 9.10. The monoisotopic (exact) mass is 451 g/mol. The molecule has 27 heavy (non-hydrogen) atoms. The van der Waals surface area contributed by atoms with E-state index in [0.717, 1.165) is 13.0 Å². The molecule has 2 aromatic rings. The number of rotatable bonds is 4. The Morgan fingerprint density at radius 3 is 2.48 bits per heavy atom. The van der Waals surface area contributed by atoms with Gasteiger partial charge in [0, 0.05) is 12.1 Å². The molecular weight excluding hydrogens is 430 g/mol. The highest BCUT2D eigenvalue weighted by Gasteiger charge is 2.39. The van der Waals surface area contributed by atoms with Gasteiger partial charge in [0.15, 0.2) is 0 Å². The van der Waals surface area contributed by atoms with E-state index in [1.165, 1.54) is 12.1 Å². The van der Waals surface area contributed by atoms with Gasteiger partial charge in [-0.2, -0.15) is 0 Å². The van der Waals surface area contributed by atoms with Gasteiger partial charge in [0.1, 0.15) is 10.4 Å². The van der Waals surface area contributed by atoms with Gasteiger partial charge in [-0.3, -0.25) is 4.79 Å². The van der Waals surface area contributed by atoms with Crippen molar-refractivity contribution in [2.75, 3.05) is 11.4 Å². The fraction of sp³-hybridized carbons (Fsp3) is 0.368. The van der Waals surface area contributed by atoms with E-state index in [1.54, 1.807) is 30.3 Å². The highest BCUT2D eigenvalue weighted by atomic mass is 79.9. The molecule has 1 N–H and O–H groups in total. The minimum atomic E-state index is -3.96. The SMILES string of the molecule is C[C@@H]1CN(c2nc(Br)ccc2C(=O)NS(=O)(=O)c2ccccc2)C(C)(C)C1. The Morgan fingerprint density at radius 2 is 1.89 bits per heavy atom. The lowest BCUT2D eigenvalue weighted by Gasteiger charge is -2.33. The van der Waals surface area contributed by atoms with Gasteiger partial charge in [0.05, 0.1) is 10.5 Å². The molecule has 1 amide bonds. The first-order valence-electron chi connectivity index (χ1n) is 8.66. The Kier molecular flexibility index (Phi) is 5.31. The summed E-state index contributed by atoms with van der Waals surface area (Å²) in [6.07, 6.45) is 0.963. The first-order chi connectivity index (χ1) is 12.6. The molecule has 2 heterocycles. The number of hydrogen-bond acceptors (Lipinski definition) is 5. The van der Waals surface area contributed by atoms with E-state index in [4.69, 9.17) is 0 Å². The molecular formula is C19H22BrN3O3S. The van der Waals surface area contributed by atoms with Crippen LogP contribution in [0.25, 0.3) is 0 Å². The predicted octanol–water partition coefficient (Wildman–Crippen LogP) is 3.59. The number of nitrogens with zero attached hydrogens (tertiary/aromatic N) is 2. The molecule has 1 aliphatic rings. The van der Waals surface area contributed by atoms with Crippen molar-refractivity contribution in [1.82, 2.24) is 9.71 Å². The number of sulfonamides is 1. The van der Waals surface area contributed by atoms with Gasteiger partial charge in [-0.05, 0) is 66.4 Å². The van der Waals surface area contributed by atoms with Crippen LogP contribution in [0.15, 0.2) is 52.0 Å². The maximum Gasteiger partial charge on any atom is 0.268 e. The standard InChI is InChI=1S/C19H22BrN3O3S/c1-13-11-19(2,3)23(12-13)17-15(9-10-16(20)21-17)18(24)22-27(25,26)14-7-5-4-6-8-14/h4-10,13H,11-12H2,1-3H3,(H,22,24)/t13-/m0/s1. The zero-order valence-corrected chi connectivity index (χ0v) is 17.8. The molecule has 144 valence electrons. The number of aromatic nitrogens is 1. The van der Waals surface area contributed by atoms with E-state index < -0.39 is 15.9 Å². The molecule has 8 heteroatoms. The van der Waals surface area contributed by atoms with Crippen LogP contribution in [0.1, 0.15) is 37.6 Å². The zero-order valence-electron chi connectivity index (χ0n) is 15.4. The second-order valence-corrected chi connectivity index (χ2v) is 9.98. The summed E-state index contributed by atoms with van der Waals surface area (Å²) in [5.74, 6) is 0.244. The number of nitrogens with one attached hydrogen (secondary N) is 1. The smallest absolute Gasteiger partial charge is 0.268 e. The van der Waals surface area contributed by atoms with Crippen LogP contribution in [0.4, 0.5) is 5.82 Å². The van der Waals surface area contributed by atoms with Crippen LogP contribution in [-0.4, -0.2) is 31.4 Å². The normalized spacial score (nSPS) is 19.1. The molecule has 6 nitrogen and oxygen atoms in total. The molecule has 1 aromatic carbocycles. The van der Waals surface area contributed by atoms with E-state index in [0.29, 0.717) is 16.3 Å². The number of carbonyl (C=O) groups excluding carboxylic acids is 1. The molecule has 1 aromatic heterocycles. The van der Waals surface area contributed by atoms with Crippen LogP contribution in [0.5, 0.6) is 0 Å². The third kappa shape index (κ3) is 4.16. The lowest BCUT2D eigenvalue weighted by Crippen LogP contribution is -2.41. The van der Waals surface area contributed by atoms with Gasteiger partial charge in [-0.1, -0.05) is 25.1 Å². The summed E-state index contributed by atoms with van der Waals surface area (Å²) < 4.78 is 27.8. The molecule has 0 radical (unpaired) electrons. The van der Waals surface area contributed by atoms with Crippen LogP contribution in [-0.2, 0) is 10.0 Å². The summed E-state index contributed by atoms with van der Waals surface area (Å²) >= 11 is 3.36. The summed E-state index contributed by atoms with van der Waals surface area (Å²) in [6.45, 7) is 7.10. The third-order valence-electron chi connectivity index (χ3n) is 4.69. The van der Waals surface area contributed by atoms with Crippen molar-refractivity contribution in [1.29, 1.82) is 0 Å². The van der Waals surface area contributed by atoms with Gasteiger partial charge in [0.2, 0.25) is 0 Å². The fourth-order valence-electron chi connectivity index (χ4n) is 3.60. The van der Waals surface area contributed by atoms with E-state index in [2.05, 4.69) is 51.3 Å². The molecule has 1 atom stereocenters. The molecule has 0 bridgehead atoms. The average molecular weight is 452 g/mol. The van der Waals surface area contributed by atoms with Gasteiger partial charge in [0.25, 0.3) is 15.9 Å². The van der Waals surface area contributed by atoms with Crippen LogP contribution >= 0.6 is 15.9 Å². The molecule has 1 aliphatic heterocycles. The minimum absolute atomic E-state index is 0.0418. The van der Waals surface area contributed by atoms with E-state index >= 15 is 0 Å². The van der Waals surface area contributed by atoms with Gasteiger partial charge < -0.3 is 4.90 Å². The Morgan fingerprint density at radius 1 is 1.22 bits per heavy atom. The van der Waals surface area contributed by atoms with Crippen molar-refractivity contribution >= 4 is 37.7 Å². The van der Waals surface area contributed by atoms with E-state index in [-0.39, 0.29) is 16.0 Å². The fourth-order valence-corrected chi connectivity index (χ4v) is 4.89. The first-order valence-corrected chi connectivity index (χ1v) is 10.9. The number of anilines is 1. The number of amides is 1. The molecule has 3 rings (SSSR count). The number of pyridine rings is 1. The molecule has 0 spiro atoms. The van der Waals surface area contributed by atoms with Gasteiger partial charge >= 0.3 is 0 Å². The first kappa shape index (κ1) is 19.8. The Hall–Kier alpha value is -1.93. The van der Waals surface area contributed by atoms with Crippen LogP contribution < -0.4 is 9.62 Å². The number of benzene rings is 1. The molecule has 0 aliphatic carbocycles. The highest BCUT2D eigenvalue weighted by Crippen LogP contribution is 2.37. The average Bonchev–Trinajstić information content (AvgIpc) is 2.87. The molecule has 1 fully saturated rings. The second kappa shape index (κ2) is 7.24. The van der Waals surface area contributed by atoms with E-state index in [9.17, 15) is 13.2 Å². The summed E-state index contributed by atoms with van der Waals surface area (Å²) in [4.78, 5) is 19.5. The molecule has 0 unspecified atom stereocenters.